The highest BCUT2D eigenvalue weighted by molar-refractivity contribution is 5.77. The monoisotopic (exact) mass is 342 g/mol. The predicted molar refractivity (Wildman–Crippen MR) is 94.7 cm³/mol. The Bertz CT molecular complexity index is 910. The first kappa shape index (κ1) is 17.3. The van der Waals surface area contributed by atoms with Gasteiger partial charge in [-0.3, -0.25) is 9.78 Å². The maximum absolute atomic E-state index is 12.4. The second-order valence-corrected chi connectivity index (χ2v) is 6.36. The number of rotatable bonds is 1. The third-order valence-corrected chi connectivity index (χ3v) is 4.59. The van der Waals surface area contributed by atoms with Gasteiger partial charge in [0.1, 0.15) is 0 Å². The smallest absolute Gasteiger partial charge is 0.191 e. The molecule has 0 atom stereocenters. The molecule has 0 aliphatic heterocycles. The SMILES string of the molecule is Cc1cccc(F)c1F.O=c1cc(C2CCCC2)[nH]c2ccncc12. The first-order valence-corrected chi connectivity index (χ1v) is 8.44. The number of fused-ring (bicyclic) bond motifs is 1. The summed E-state index contributed by atoms with van der Waals surface area (Å²) in [5.41, 5.74) is 2.43. The Morgan fingerprint density at radius 2 is 1.92 bits per heavy atom. The third kappa shape index (κ3) is 3.92. The Morgan fingerprint density at radius 1 is 1.16 bits per heavy atom. The number of aromatic amines is 1. The molecule has 1 N–H and O–H groups in total. The van der Waals surface area contributed by atoms with Crippen molar-refractivity contribution in [2.45, 2.75) is 38.5 Å². The lowest BCUT2D eigenvalue weighted by Crippen LogP contribution is -2.07. The largest absolute Gasteiger partial charge is 0.358 e. The van der Waals surface area contributed by atoms with Gasteiger partial charge in [0.05, 0.1) is 10.9 Å². The highest BCUT2D eigenvalue weighted by Crippen LogP contribution is 2.32. The van der Waals surface area contributed by atoms with E-state index in [0.29, 0.717) is 16.9 Å². The normalized spacial score (nSPS) is 14.4. The number of H-pyrrole nitrogens is 1. The van der Waals surface area contributed by atoms with E-state index in [-0.39, 0.29) is 5.43 Å². The standard InChI is InChI=1S/C13H14N2O.C7H6F2/c16-13-7-12(9-3-1-2-4-9)15-11-5-6-14-8-10(11)13;1-5-3-2-4-6(8)7(5)9/h5-9H,1-4H2,(H,15,16);2-4H,1H3. The molecule has 0 unspecified atom stereocenters. The van der Waals surface area contributed by atoms with Crippen molar-refractivity contribution >= 4 is 10.9 Å². The highest BCUT2D eigenvalue weighted by atomic mass is 19.2. The number of benzene rings is 1. The molecule has 4 rings (SSSR count). The van der Waals surface area contributed by atoms with Gasteiger partial charge in [0.25, 0.3) is 0 Å². The quantitative estimate of drug-likeness (QED) is 0.687. The minimum atomic E-state index is -0.782. The lowest BCUT2D eigenvalue weighted by molar-refractivity contribution is 0.503. The third-order valence-electron chi connectivity index (χ3n) is 4.59. The Hall–Kier alpha value is -2.56. The molecule has 3 nitrogen and oxygen atoms in total. The van der Waals surface area contributed by atoms with Crippen molar-refractivity contribution in [1.82, 2.24) is 9.97 Å². The predicted octanol–water partition coefficient (Wildman–Crippen LogP) is 4.85. The zero-order chi connectivity index (χ0) is 17.8. The number of hydrogen-bond donors (Lipinski definition) is 1. The van der Waals surface area contributed by atoms with Gasteiger partial charge in [-0.2, -0.15) is 0 Å². The first-order valence-electron chi connectivity index (χ1n) is 8.44. The van der Waals surface area contributed by atoms with Crippen molar-refractivity contribution in [2.24, 2.45) is 0 Å². The number of nitrogens with zero attached hydrogens (tertiary/aromatic N) is 1. The highest BCUT2D eigenvalue weighted by Gasteiger charge is 2.18. The van der Waals surface area contributed by atoms with Crippen LogP contribution in [0.15, 0.2) is 47.5 Å². The minimum Gasteiger partial charge on any atom is -0.358 e. The van der Waals surface area contributed by atoms with Gasteiger partial charge in [0.2, 0.25) is 0 Å². The van der Waals surface area contributed by atoms with Crippen molar-refractivity contribution < 1.29 is 8.78 Å². The topological polar surface area (TPSA) is 45.8 Å². The van der Waals surface area contributed by atoms with Crippen LogP contribution in [0.4, 0.5) is 8.78 Å². The van der Waals surface area contributed by atoms with E-state index in [1.54, 1.807) is 18.5 Å². The summed E-state index contributed by atoms with van der Waals surface area (Å²) < 4.78 is 24.6. The van der Waals surface area contributed by atoms with Crippen LogP contribution in [-0.4, -0.2) is 9.97 Å². The Labute approximate surface area is 144 Å². The molecule has 1 aromatic carbocycles. The molecule has 1 aliphatic rings. The summed E-state index contributed by atoms with van der Waals surface area (Å²) in [5.74, 6) is -0.988. The summed E-state index contributed by atoms with van der Waals surface area (Å²) in [7, 11) is 0. The lowest BCUT2D eigenvalue weighted by Gasteiger charge is -2.10. The summed E-state index contributed by atoms with van der Waals surface area (Å²) in [6, 6.07) is 7.73. The van der Waals surface area contributed by atoms with E-state index in [1.165, 1.54) is 44.7 Å². The fourth-order valence-electron chi connectivity index (χ4n) is 3.18. The first-order chi connectivity index (χ1) is 12.1. The number of nitrogens with one attached hydrogen (secondary N) is 1. The van der Waals surface area contributed by atoms with E-state index < -0.39 is 11.6 Å². The van der Waals surface area contributed by atoms with Gasteiger partial charge < -0.3 is 4.98 Å². The van der Waals surface area contributed by atoms with Gasteiger partial charge in [-0.25, -0.2) is 8.78 Å². The van der Waals surface area contributed by atoms with Crippen molar-refractivity contribution in [3.63, 3.8) is 0 Å². The molecule has 3 aromatic rings. The van der Waals surface area contributed by atoms with E-state index in [9.17, 15) is 13.6 Å². The molecule has 2 heterocycles. The summed E-state index contributed by atoms with van der Waals surface area (Å²) in [6.07, 6.45) is 8.31. The Balaban J connectivity index is 0.000000173. The molecule has 0 spiro atoms. The van der Waals surface area contributed by atoms with Crippen LogP contribution in [0.5, 0.6) is 0 Å². The van der Waals surface area contributed by atoms with Crippen molar-refractivity contribution in [1.29, 1.82) is 0 Å². The minimum absolute atomic E-state index is 0.0868. The summed E-state index contributed by atoms with van der Waals surface area (Å²) >= 11 is 0. The van der Waals surface area contributed by atoms with E-state index in [1.807, 2.05) is 6.07 Å². The summed E-state index contributed by atoms with van der Waals surface area (Å²) in [4.78, 5) is 19.2. The van der Waals surface area contributed by atoms with Crippen LogP contribution in [0, 0.1) is 18.6 Å². The number of aromatic nitrogens is 2. The molecule has 25 heavy (non-hydrogen) atoms. The molecule has 5 heteroatoms. The number of aryl methyl sites for hydroxylation is 1. The van der Waals surface area contributed by atoms with E-state index in [0.717, 1.165) is 17.3 Å². The Morgan fingerprint density at radius 3 is 2.60 bits per heavy atom. The van der Waals surface area contributed by atoms with Crippen LogP contribution in [0.25, 0.3) is 10.9 Å². The fourth-order valence-corrected chi connectivity index (χ4v) is 3.18. The van der Waals surface area contributed by atoms with E-state index in [2.05, 4.69) is 9.97 Å². The van der Waals surface area contributed by atoms with Crippen LogP contribution in [0.2, 0.25) is 0 Å². The van der Waals surface area contributed by atoms with Crippen LogP contribution in [0.1, 0.15) is 42.9 Å². The number of hydrogen-bond acceptors (Lipinski definition) is 2. The average molecular weight is 342 g/mol. The maximum atomic E-state index is 12.4. The van der Waals surface area contributed by atoms with E-state index in [4.69, 9.17) is 0 Å². The summed E-state index contributed by atoms with van der Waals surface area (Å²) in [6.45, 7) is 1.53. The molecule has 0 saturated heterocycles. The van der Waals surface area contributed by atoms with Gasteiger partial charge in [-0.05, 0) is 43.4 Å². The maximum Gasteiger partial charge on any atom is 0.191 e. The number of pyridine rings is 2. The average Bonchev–Trinajstić information content (AvgIpc) is 3.15. The molecule has 0 amide bonds. The van der Waals surface area contributed by atoms with Crippen molar-refractivity contribution in [3.05, 3.63) is 75.8 Å². The Kier molecular flexibility index (Phi) is 5.22. The zero-order valence-corrected chi connectivity index (χ0v) is 14.1. The van der Waals surface area contributed by atoms with Gasteiger partial charge in [0, 0.05) is 24.2 Å². The molecule has 0 bridgehead atoms. The molecule has 1 fully saturated rings. The second kappa shape index (κ2) is 7.55. The van der Waals surface area contributed by atoms with Crippen LogP contribution >= 0.6 is 0 Å². The van der Waals surface area contributed by atoms with Crippen molar-refractivity contribution in [2.75, 3.05) is 0 Å². The van der Waals surface area contributed by atoms with Gasteiger partial charge >= 0.3 is 0 Å². The molecule has 130 valence electrons. The fraction of sp³-hybridized carbons (Fsp3) is 0.300. The molecular weight excluding hydrogens is 322 g/mol. The van der Waals surface area contributed by atoms with Crippen LogP contribution in [-0.2, 0) is 0 Å². The molecule has 0 radical (unpaired) electrons. The zero-order valence-electron chi connectivity index (χ0n) is 14.1. The van der Waals surface area contributed by atoms with E-state index >= 15 is 0 Å². The van der Waals surface area contributed by atoms with Gasteiger partial charge in [-0.15, -0.1) is 0 Å². The molecule has 2 aromatic heterocycles. The summed E-state index contributed by atoms with van der Waals surface area (Å²) in [5, 5.41) is 0.684. The molecule has 1 aliphatic carbocycles. The molecular formula is C20H20F2N2O. The molecule has 1 saturated carbocycles. The second-order valence-electron chi connectivity index (χ2n) is 6.36. The number of halogens is 2. The van der Waals surface area contributed by atoms with Crippen LogP contribution in [0.3, 0.4) is 0 Å². The van der Waals surface area contributed by atoms with Gasteiger partial charge in [-0.1, -0.05) is 25.0 Å². The van der Waals surface area contributed by atoms with Crippen molar-refractivity contribution in [3.8, 4) is 0 Å². The van der Waals surface area contributed by atoms with Crippen LogP contribution < -0.4 is 5.43 Å². The van der Waals surface area contributed by atoms with Gasteiger partial charge in [0.15, 0.2) is 17.1 Å². The lowest BCUT2D eigenvalue weighted by atomic mass is 10.0.